The Hall–Kier alpha value is -3.68. The lowest BCUT2D eigenvalue weighted by atomic mass is 10.1. The highest BCUT2D eigenvalue weighted by molar-refractivity contribution is 5.98. The quantitative estimate of drug-likeness (QED) is 0.675. The number of nitrogens with two attached hydrogens (primary N) is 1. The molecule has 8 heteroatoms. The van der Waals surface area contributed by atoms with Gasteiger partial charge >= 0.3 is 5.69 Å². The van der Waals surface area contributed by atoms with Crippen molar-refractivity contribution in [1.29, 1.82) is 0 Å². The van der Waals surface area contributed by atoms with Crippen molar-refractivity contribution in [3.8, 4) is 0 Å². The first kappa shape index (κ1) is 19.6. The molecule has 0 radical (unpaired) electrons. The molecule has 1 amide bonds. The summed E-state index contributed by atoms with van der Waals surface area (Å²) in [6.07, 6.45) is 0.607. The SMILES string of the molecule is CN(C(=O)C1CC1c1ccc(F)cc1)c1c(N)n(Cc2ccccc2)c(=O)[nH]c1=O. The summed E-state index contributed by atoms with van der Waals surface area (Å²) in [4.78, 5) is 41.2. The Morgan fingerprint density at radius 2 is 1.83 bits per heavy atom. The van der Waals surface area contributed by atoms with E-state index in [1.54, 1.807) is 12.1 Å². The number of amides is 1. The van der Waals surface area contributed by atoms with Crippen LogP contribution < -0.4 is 21.9 Å². The minimum Gasteiger partial charge on any atom is -0.383 e. The van der Waals surface area contributed by atoms with E-state index in [0.29, 0.717) is 6.42 Å². The lowest BCUT2D eigenvalue weighted by Gasteiger charge is -2.20. The van der Waals surface area contributed by atoms with Crippen LogP contribution in [0.3, 0.4) is 0 Å². The molecular weight excluding hydrogens is 387 g/mol. The Balaban J connectivity index is 1.61. The molecule has 154 valence electrons. The maximum absolute atomic E-state index is 13.1. The number of H-pyrrole nitrogens is 1. The first-order chi connectivity index (χ1) is 14.4. The average Bonchev–Trinajstić information content (AvgIpc) is 3.52. The number of hydrogen-bond acceptors (Lipinski definition) is 4. The normalized spacial score (nSPS) is 17.5. The van der Waals surface area contributed by atoms with Gasteiger partial charge in [0.1, 0.15) is 11.6 Å². The molecule has 1 fully saturated rings. The van der Waals surface area contributed by atoms with Crippen LogP contribution in [0.15, 0.2) is 64.2 Å². The van der Waals surface area contributed by atoms with Gasteiger partial charge < -0.3 is 10.6 Å². The van der Waals surface area contributed by atoms with E-state index in [1.807, 2.05) is 30.3 Å². The fourth-order valence-electron chi connectivity index (χ4n) is 3.73. The van der Waals surface area contributed by atoms with Gasteiger partial charge in [0.25, 0.3) is 5.56 Å². The van der Waals surface area contributed by atoms with E-state index in [4.69, 9.17) is 5.73 Å². The van der Waals surface area contributed by atoms with Crippen molar-refractivity contribution in [3.63, 3.8) is 0 Å². The third-order valence-corrected chi connectivity index (χ3v) is 5.47. The lowest BCUT2D eigenvalue weighted by Crippen LogP contribution is -2.40. The van der Waals surface area contributed by atoms with Crippen molar-refractivity contribution in [2.45, 2.75) is 18.9 Å². The van der Waals surface area contributed by atoms with E-state index in [9.17, 15) is 18.8 Å². The number of nitrogen functional groups attached to an aromatic ring is 1. The zero-order valence-corrected chi connectivity index (χ0v) is 16.3. The number of anilines is 2. The summed E-state index contributed by atoms with van der Waals surface area (Å²) >= 11 is 0. The van der Waals surface area contributed by atoms with Crippen LogP contribution in [0, 0.1) is 11.7 Å². The van der Waals surface area contributed by atoms with E-state index in [-0.39, 0.29) is 41.6 Å². The molecule has 1 heterocycles. The highest BCUT2D eigenvalue weighted by Crippen LogP contribution is 2.48. The summed E-state index contributed by atoms with van der Waals surface area (Å²) < 4.78 is 14.4. The second-order valence-corrected chi connectivity index (χ2v) is 7.46. The highest BCUT2D eigenvalue weighted by Gasteiger charge is 2.46. The van der Waals surface area contributed by atoms with Crippen LogP contribution >= 0.6 is 0 Å². The molecule has 0 spiro atoms. The number of halogens is 1. The molecule has 3 N–H and O–H groups in total. The van der Waals surface area contributed by atoms with Crippen molar-refractivity contribution in [2.75, 3.05) is 17.7 Å². The van der Waals surface area contributed by atoms with Crippen LogP contribution in [0.5, 0.6) is 0 Å². The van der Waals surface area contributed by atoms with Gasteiger partial charge in [-0.05, 0) is 35.6 Å². The number of nitrogens with one attached hydrogen (secondary N) is 1. The zero-order chi connectivity index (χ0) is 21.4. The van der Waals surface area contributed by atoms with Crippen molar-refractivity contribution < 1.29 is 9.18 Å². The summed E-state index contributed by atoms with van der Waals surface area (Å²) in [5, 5.41) is 0. The first-order valence-corrected chi connectivity index (χ1v) is 9.56. The smallest absolute Gasteiger partial charge is 0.330 e. The Kier molecular flexibility index (Phi) is 4.99. The zero-order valence-electron chi connectivity index (χ0n) is 16.3. The molecule has 2 atom stereocenters. The minimum absolute atomic E-state index is 0.0314. The topological polar surface area (TPSA) is 101 Å². The predicted octanol–water partition coefficient (Wildman–Crippen LogP) is 2.07. The van der Waals surface area contributed by atoms with E-state index in [2.05, 4.69) is 4.98 Å². The van der Waals surface area contributed by atoms with E-state index >= 15 is 0 Å². The van der Waals surface area contributed by atoms with Gasteiger partial charge in [-0.3, -0.25) is 19.1 Å². The molecule has 7 nitrogen and oxygen atoms in total. The standard InChI is InChI=1S/C22H21FN4O3/c1-26(21(29)17-11-16(17)14-7-9-15(23)10-8-14)18-19(24)27(22(30)25-20(18)28)12-13-5-3-2-4-6-13/h2-10,16-17H,11-12,24H2,1H3,(H,25,28,30). The van der Waals surface area contributed by atoms with Crippen LogP contribution in [0.25, 0.3) is 0 Å². The summed E-state index contributed by atoms with van der Waals surface area (Å²) in [5.41, 5.74) is 6.46. The Labute approximate surface area is 171 Å². The maximum Gasteiger partial charge on any atom is 0.330 e. The van der Waals surface area contributed by atoms with Crippen molar-refractivity contribution >= 4 is 17.4 Å². The van der Waals surface area contributed by atoms with Crippen molar-refractivity contribution in [2.24, 2.45) is 5.92 Å². The van der Waals surface area contributed by atoms with Crippen molar-refractivity contribution in [3.05, 3.63) is 92.4 Å². The Morgan fingerprint density at radius 1 is 1.17 bits per heavy atom. The van der Waals surface area contributed by atoms with E-state index < -0.39 is 11.2 Å². The van der Waals surface area contributed by atoms with Crippen molar-refractivity contribution in [1.82, 2.24) is 9.55 Å². The number of aromatic amines is 1. The number of carbonyl (C=O) groups is 1. The van der Waals surface area contributed by atoms with Crippen LogP contribution in [-0.2, 0) is 11.3 Å². The molecule has 3 aromatic rings. The summed E-state index contributed by atoms with van der Waals surface area (Å²) in [7, 11) is 1.47. The van der Waals surface area contributed by atoms with Crippen LogP contribution in [0.1, 0.15) is 23.5 Å². The lowest BCUT2D eigenvalue weighted by molar-refractivity contribution is -0.119. The molecule has 2 aromatic carbocycles. The number of aromatic nitrogens is 2. The van der Waals surface area contributed by atoms with E-state index in [0.717, 1.165) is 11.1 Å². The molecular formula is C22H21FN4O3. The van der Waals surface area contributed by atoms with Gasteiger partial charge in [-0.1, -0.05) is 42.5 Å². The third kappa shape index (κ3) is 3.63. The number of carbonyl (C=O) groups excluding carboxylic acids is 1. The Bertz CT molecular complexity index is 1200. The van der Waals surface area contributed by atoms with Gasteiger partial charge in [0.2, 0.25) is 5.91 Å². The molecule has 30 heavy (non-hydrogen) atoms. The van der Waals surface area contributed by atoms with Gasteiger partial charge in [-0.2, -0.15) is 0 Å². The predicted molar refractivity (Wildman–Crippen MR) is 112 cm³/mol. The Morgan fingerprint density at radius 3 is 2.50 bits per heavy atom. The third-order valence-electron chi connectivity index (χ3n) is 5.47. The van der Waals surface area contributed by atoms with Gasteiger partial charge in [0.05, 0.1) is 6.54 Å². The molecule has 4 rings (SSSR count). The number of benzene rings is 2. The van der Waals surface area contributed by atoms with Crippen LogP contribution in [-0.4, -0.2) is 22.5 Å². The molecule has 1 aliphatic rings. The summed E-state index contributed by atoms with van der Waals surface area (Å²) in [6, 6.07) is 15.2. The second kappa shape index (κ2) is 7.62. The minimum atomic E-state index is -0.711. The van der Waals surface area contributed by atoms with Gasteiger partial charge in [-0.15, -0.1) is 0 Å². The number of nitrogens with zero attached hydrogens (tertiary/aromatic N) is 2. The second-order valence-electron chi connectivity index (χ2n) is 7.46. The largest absolute Gasteiger partial charge is 0.383 e. The molecule has 1 aliphatic carbocycles. The maximum atomic E-state index is 13.1. The van der Waals surface area contributed by atoms with Gasteiger partial charge in [0.15, 0.2) is 5.69 Å². The summed E-state index contributed by atoms with van der Waals surface area (Å²) in [6.45, 7) is 0.166. The number of rotatable bonds is 5. The monoisotopic (exact) mass is 408 g/mol. The highest BCUT2D eigenvalue weighted by atomic mass is 19.1. The van der Waals surface area contributed by atoms with Crippen LogP contribution in [0.4, 0.5) is 15.9 Å². The fourth-order valence-corrected chi connectivity index (χ4v) is 3.73. The molecule has 0 aliphatic heterocycles. The fraction of sp³-hybridized carbons (Fsp3) is 0.227. The van der Waals surface area contributed by atoms with E-state index in [1.165, 1.54) is 28.6 Å². The molecule has 1 saturated carbocycles. The molecule has 0 saturated heterocycles. The van der Waals surface area contributed by atoms with Gasteiger partial charge in [0, 0.05) is 13.0 Å². The van der Waals surface area contributed by atoms with Crippen LogP contribution in [0.2, 0.25) is 0 Å². The van der Waals surface area contributed by atoms with Gasteiger partial charge in [-0.25, -0.2) is 9.18 Å². The molecule has 0 bridgehead atoms. The first-order valence-electron chi connectivity index (χ1n) is 9.56. The molecule has 1 aromatic heterocycles. The summed E-state index contributed by atoms with van der Waals surface area (Å²) in [5.74, 6) is -1.03. The number of hydrogen-bond donors (Lipinski definition) is 2. The molecule has 2 unspecified atom stereocenters. The average molecular weight is 408 g/mol.